The number of H-pyrrole nitrogens is 1. The van der Waals surface area contributed by atoms with Gasteiger partial charge in [0.25, 0.3) is 11.6 Å². The molecule has 0 aliphatic heterocycles. The Balaban J connectivity index is 1.97. The van der Waals surface area contributed by atoms with Crippen LogP contribution in [0.25, 0.3) is 10.9 Å². The van der Waals surface area contributed by atoms with Crippen LogP contribution in [-0.4, -0.2) is 15.8 Å². The molecule has 25 heavy (non-hydrogen) atoms. The van der Waals surface area contributed by atoms with Crippen molar-refractivity contribution >= 4 is 28.2 Å². The maximum absolute atomic E-state index is 12.4. The van der Waals surface area contributed by atoms with Gasteiger partial charge in [-0.3, -0.25) is 19.7 Å². The minimum Gasteiger partial charge on any atom is -0.322 e. The van der Waals surface area contributed by atoms with Gasteiger partial charge in [0.05, 0.1) is 10.4 Å². The molecule has 2 aromatic carbocycles. The number of para-hydroxylation sites is 1. The number of nitro groups is 1. The molecule has 0 radical (unpaired) electrons. The Morgan fingerprint density at radius 2 is 1.96 bits per heavy atom. The van der Waals surface area contributed by atoms with E-state index in [4.69, 9.17) is 0 Å². The summed E-state index contributed by atoms with van der Waals surface area (Å²) in [4.78, 5) is 37.3. The SMILES string of the molecule is CCc1cc(=O)[nH]c2cc(NC(=O)c3ccccc3[N+](=O)[O-])ccc12. The molecule has 0 fully saturated rings. The molecule has 0 saturated heterocycles. The zero-order valence-electron chi connectivity index (χ0n) is 13.4. The van der Waals surface area contributed by atoms with Gasteiger partial charge in [-0.2, -0.15) is 0 Å². The van der Waals surface area contributed by atoms with Crippen molar-refractivity contribution in [3.63, 3.8) is 0 Å². The van der Waals surface area contributed by atoms with Crippen LogP contribution in [0.15, 0.2) is 53.3 Å². The normalized spacial score (nSPS) is 10.6. The van der Waals surface area contributed by atoms with E-state index in [2.05, 4.69) is 10.3 Å². The first-order valence-corrected chi connectivity index (χ1v) is 7.70. The molecule has 3 aromatic rings. The van der Waals surface area contributed by atoms with Crippen LogP contribution in [0.2, 0.25) is 0 Å². The molecule has 1 aromatic heterocycles. The first-order chi connectivity index (χ1) is 12.0. The predicted octanol–water partition coefficient (Wildman–Crippen LogP) is 3.25. The Hall–Kier alpha value is -3.48. The van der Waals surface area contributed by atoms with Crippen molar-refractivity contribution in [2.75, 3.05) is 5.32 Å². The second kappa shape index (κ2) is 6.56. The molecule has 2 N–H and O–H groups in total. The Kier molecular flexibility index (Phi) is 4.30. The van der Waals surface area contributed by atoms with Crippen LogP contribution >= 0.6 is 0 Å². The number of aryl methyl sites for hydroxylation is 1. The summed E-state index contributed by atoms with van der Waals surface area (Å²) in [6, 6.07) is 12.4. The van der Waals surface area contributed by atoms with E-state index >= 15 is 0 Å². The summed E-state index contributed by atoms with van der Waals surface area (Å²) >= 11 is 0. The lowest BCUT2D eigenvalue weighted by Gasteiger charge is -2.09. The summed E-state index contributed by atoms with van der Waals surface area (Å²) in [5.74, 6) is -0.583. The molecule has 7 heteroatoms. The van der Waals surface area contributed by atoms with Crippen molar-refractivity contribution in [3.8, 4) is 0 Å². The molecule has 1 amide bonds. The second-order valence-electron chi connectivity index (χ2n) is 5.50. The van der Waals surface area contributed by atoms with Crippen LogP contribution in [0.3, 0.4) is 0 Å². The zero-order chi connectivity index (χ0) is 18.0. The molecule has 0 spiro atoms. The smallest absolute Gasteiger partial charge is 0.282 e. The minimum atomic E-state index is -0.597. The average molecular weight is 337 g/mol. The van der Waals surface area contributed by atoms with Crippen molar-refractivity contribution < 1.29 is 9.72 Å². The first kappa shape index (κ1) is 16.4. The summed E-state index contributed by atoms with van der Waals surface area (Å²) < 4.78 is 0. The van der Waals surface area contributed by atoms with Crippen molar-refractivity contribution in [1.29, 1.82) is 0 Å². The Morgan fingerprint density at radius 3 is 2.68 bits per heavy atom. The fourth-order valence-electron chi connectivity index (χ4n) is 2.73. The van der Waals surface area contributed by atoms with Gasteiger partial charge in [0.1, 0.15) is 5.56 Å². The van der Waals surface area contributed by atoms with Gasteiger partial charge in [-0.15, -0.1) is 0 Å². The molecular weight excluding hydrogens is 322 g/mol. The highest BCUT2D eigenvalue weighted by molar-refractivity contribution is 6.07. The van der Waals surface area contributed by atoms with Gasteiger partial charge >= 0.3 is 0 Å². The van der Waals surface area contributed by atoms with E-state index in [0.29, 0.717) is 17.6 Å². The summed E-state index contributed by atoms with van der Waals surface area (Å²) in [7, 11) is 0. The highest BCUT2D eigenvalue weighted by Crippen LogP contribution is 2.22. The quantitative estimate of drug-likeness (QED) is 0.563. The van der Waals surface area contributed by atoms with E-state index in [-0.39, 0.29) is 16.8 Å². The number of nitro benzene ring substituents is 1. The van der Waals surface area contributed by atoms with Gasteiger partial charge in [-0.05, 0) is 30.2 Å². The lowest BCUT2D eigenvalue weighted by atomic mass is 10.1. The number of benzene rings is 2. The van der Waals surface area contributed by atoms with Crippen LogP contribution in [-0.2, 0) is 6.42 Å². The van der Waals surface area contributed by atoms with Gasteiger partial charge in [0, 0.05) is 23.2 Å². The molecule has 0 unspecified atom stereocenters. The van der Waals surface area contributed by atoms with Crippen molar-refractivity contribution in [2.45, 2.75) is 13.3 Å². The van der Waals surface area contributed by atoms with Gasteiger partial charge < -0.3 is 10.3 Å². The molecule has 0 aliphatic rings. The number of hydrogen-bond donors (Lipinski definition) is 2. The van der Waals surface area contributed by atoms with E-state index in [0.717, 1.165) is 10.9 Å². The number of aromatic amines is 1. The highest BCUT2D eigenvalue weighted by atomic mass is 16.6. The maximum Gasteiger partial charge on any atom is 0.282 e. The van der Waals surface area contributed by atoms with E-state index in [9.17, 15) is 19.7 Å². The minimum absolute atomic E-state index is 0.0246. The van der Waals surface area contributed by atoms with Crippen LogP contribution in [0.4, 0.5) is 11.4 Å². The van der Waals surface area contributed by atoms with Gasteiger partial charge in [0.15, 0.2) is 0 Å². The van der Waals surface area contributed by atoms with E-state index in [1.165, 1.54) is 18.2 Å². The number of fused-ring (bicyclic) bond motifs is 1. The van der Waals surface area contributed by atoms with Gasteiger partial charge in [0.2, 0.25) is 5.56 Å². The predicted molar refractivity (Wildman–Crippen MR) is 95.0 cm³/mol. The lowest BCUT2D eigenvalue weighted by molar-refractivity contribution is -0.385. The number of pyridine rings is 1. The molecule has 1 heterocycles. The Morgan fingerprint density at radius 1 is 1.20 bits per heavy atom. The number of anilines is 1. The number of carbonyl (C=O) groups excluding carboxylic acids is 1. The number of aromatic nitrogens is 1. The molecule has 0 saturated carbocycles. The highest BCUT2D eigenvalue weighted by Gasteiger charge is 2.19. The molecule has 0 aliphatic carbocycles. The van der Waals surface area contributed by atoms with Crippen LogP contribution < -0.4 is 10.9 Å². The van der Waals surface area contributed by atoms with E-state index in [1.807, 2.05) is 6.92 Å². The number of nitrogens with zero attached hydrogens (tertiary/aromatic N) is 1. The van der Waals surface area contributed by atoms with Crippen molar-refractivity contribution in [2.24, 2.45) is 0 Å². The Bertz CT molecular complexity index is 1040. The lowest BCUT2D eigenvalue weighted by Crippen LogP contribution is -2.14. The summed E-state index contributed by atoms with van der Waals surface area (Å²) in [6.45, 7) is 1.96. The second-order valence-corrected chi connectivity index (χ2v) is 5.50. The maximum atomic E-state index is 12.4. The number of nitrogens with one attached hydrogen (secondary N) is 2. The monoisotopic (exact) mass is 337 g/mol. The molecule has 3 rings (SSSR count). The fraction of sp³-hybridized carbons (Fsp3) is 0.111. The average Bonchev–Trinajstić information content (AvgIpc) is 2.60. The van der Waals surface area contributed by atoms with E-state index < -0.39 is 10.8 Å². The molecule has 7 nitrogen and oxygen atoms in total. The molecule has 0 atom stereocenters. The van der Waals surface area contributed by atoms with Crippen molar-refractivity contribution in [1.82, 2.24) is 4.98 Å². The topological polar surface area (TPSA) is 105 Å². The van der Waals surface area contributed by atoms with Crippen molar-refractivity contribution in [3.05, 3.63) is 80.1 Å². The standard InChI is InChI=1S/C18H15N3O4/c1-2-11-9-17(22)20-15-10-12(7-8-13(11)15)19-18(23)14-5-3-4-6-16(14)21(24)25/h3-10H,2H2,1H3,(H,19,23)(H,20,22). The first-order valence-electron chi connectivity index (χ1n) is 7.70. The third kappa shape index (κ3) is 3.25. The summed E-state index contributed by atoms with van der Waals surface area (Å²) in [5, 5.41) is 14.6. The van der Waals surface area contributed by atoms with Crippen LogP contribution in [0.5, 0.6) is 0 Å². The Labute approximate surface area is 142 Å². The number of hydrogen-bond acceptors (Lipinski definition) is 4. The largest absolute Gasteiger partial charge is 0.322 e. The molecular formula is C18H15N3O4. The summed E-state index contributed by atoms with van der Waals surface area (Å²) in [6.07, 6.45) is 0.711. The molecule has 0 bridgehead atoms. The van der Waals surface area contributed by atoms with Crippen LogP contribution in [0.1, 0.15) is 22.8 Å². The summed E-state index contributed by atoms with van der Waals surface area (Å²) in [5.41, 5.74) is 1.46. The van der Waals surface area contributed by atoms with Gasteiger partial charge in [-0.25, -0.2) is 0 Å². The number of rotatable bonds is 4. The van der Waals surface area contributed by atoms with Crippen LogP contribution in [0, 0.1) is 10.1 Å². The van der Waals surface area contributed by atoms with Gasteiger partial charge in [-0.1, -0.05) is 25.1 Å². The fourth-order valence-corrected chi connectivity index (χ4v) is 2.73. The molecule has 126 valence electrons. The van der Waals surface area contributed by atoms with E-state index in [1.54, 1.807) is 30.3 Å². The number of amides is 1. The third-order valence-electron chi connectivity index (χ3n) is 3.91. The zero-order valence-corrected chi connectivity index (χ0v) is 13.4. The third-order valence-corrected chi connectivity index (χ3v) is 3.91. The number of carbonyl (C=O) groups is 1.